The van der Waals surface area contributed by atoms with E-state index in [0.29, 0.717) is 23.9 Å². The third-order valence-electron chi connectivity index (χ3n) is 10.5. The predicted octanol–water partition coefficient (Wildman–Crippen LogP) is 7.81. The van der Waals surface area contributed by atoms with Crippen molar-refractivity contribution in [2.75, 3.05) is 32.7 Å². The van der Waals surface area contributed by atoms with E-state index < -0.39 is 5.97 Å². The van der Waals surface area contributed by atoms with Crippen LogP contribution in [0, 0.1) is 23.5 Å². The number of rotatable bonds is 12. The summed E-state index contributed by atoms with van der Waals surface area (Å²) >= 11 is 0. The summed E-state index contributed by atoms with van der Waals surface area (Å²) in [5.74, 6) is -0.507. The van der Waals surface area contributed by atoms with Gasteiger partial charge in [-0.25, -0.2) is 13.6 Å². The Kier molecular flexibility index (Phi) is 15.2. The van der Waals surface area contributed by atoms with Crippen LogP contribution in [0.25, 0.3) is 0 Å². The summed E-state index contributed by atoms with van der Waals surface area (Å²) in [5, 5.41) is 13.0. The number of carboxylic acid groups (broad SMARTS) is 1. The molecule has 2 aromatic rings. The molecule has 0 aromatic heterocycles. The first-order chi connectivity index (χ1) is 21.8. The second-order valence-electron chi connectivity index (χ2n) is 13.5. The number of likely N-dealkylation sites (tertiary alicyclic amines) is 1. The van der Waals surface area contributed by atoms with E-state index in [1.165, 1.54) is 24.6 Å². The lowest BCUT2D eigenvalue weighted by molar-refractivity contribution is -0.136. The van der Waals surface area contributed by atoms with Gasteiger partial charge in [-0.05, 0) is 98.1 Å². The molecule has 3 fully saturated rings. The Morgan fingerprint density at radius 3 is 2.32 bits per heavy atom. The number of piperidine rings is 1. The summed E-state index contributed by atoms with van der Waals surface area (Å²) in [6.45, 7) is 5.31. The molecule has 0 bridgehead atoms. The Morgan fingerprint density at radius 1 is 1.00 bits per heavy atom. The number of benzene rings is 2. The largest absolute Gasteiger partial charge is 0.480 e. The average molecular weight is 699 g/mol. The molecule has 1 amide bonds. The molecule has 11 heteroatoms. The van der Waals surface area contributed by atoms with Gasteiger partial charge in [0.15, 0.2) is 0 Å². The van der Waals surface area contributed by atoms with E-state index >= 15 is 0 Å². The van der Waals surface area contributed by atoms with Gasteiger partial charge >= 0.3 is 12.1 Å². The second-order valence-corrected chi connectivity index (χ2v) is 13.5. The van der Waals surface area contributed by atoms with E-state index in [4.69, 9.17) is 4.74 Å². The van der Waals surface area contributed by atoms with E-state index in [0.717, 1.165) is 83.0 Å². The molecule has 7 nitrogen and oxygen atoms in total. The standard InChI is InChI=1S/C36H49F2N3O4.2ClH/c1-2-16-41(35(44)45-25-26-8-6-10-30(37)19-26)32-12-17-40(18-13-32)24-28-20-29(22-33(28)27-9-7-11-31(38)21-27)36(39-23-34(42)43)14-4-3-5-15-36;;/h6-11,19,21,28-29,32-33,39H,2-5,12-18,20,22-25H2,1H3,(H,42,43);2*1H/t28-,29+,33-;;/m1../s1. The van der Waals surface area contributed by atoms with Crippen LogP contribution in [0.2, 0.25) is 0 Å². The summed E-state index contributed by atoms with van der Waals surface area (Å²) in [6.07, 6.45) is 9.45. The van der Waals surface area contributed by atoms with Gasteiger partial charge < -0.3 is 25.0 Å². The third-order valence-corrected chi connectivity index (χ3v) is 10.5. The molecule has 2 N–H and O–H groups in total. The lowest BCUT2D eigenvalue weighted by Crippen LogP contribution is -2.53. The molecular formula is C36H51Cl2F2N3O4. The van der Waals surface area contributed by atoms with Gasteiger partial charge in [-0.3, -0.25) is 4.79 Å². The molecule has 0 spiro atoms. The van der Waals surface area contributed by atoms with E-state index in [-0.39, 0.29) is 73.2 Å². The first-order valence-corrected chi connectivity index (χ1v) is 16.9. The highest BCUT2D eigenvalue weighted by molar-refractivity contribution is 5.85. The van der Waals surface area contributed by atoms with Crippen molar-refractivity contribution in [3.8, 4) is 0 Å². The Labute approximate surface area is 290 Å². The van der Waals surface area contributed by atoms with Crippen molar-refractivity contribution in [1.29, 1.82) is 0 Å². The fourth-order valence-corrected chi connectivity index (χ4v) is 8.35. The van der Waals surface area contributed by atoms with Crippen molar-refractivity contribution in [2.45, 2.75) is 95.2 Å². The van der Waals surface area contributed by atoms with Gasteiger partial charge in [0.1, 0.15) is 18.2 Å². The molecule has 2 aromatic carbocycles. The fourth-order valence-electron chi connectivity index (χ4n) is 8.35. The normalized spacial score (nSPS) is 22.9. The van der Waals surface area contributed by atoms with E-state index in [1.54, 1.807) is 24.3 Å². The summed E-state index contributed by atoms with van der Waals surface area (Å²) in [5.41, 5.74) is 1.48. The summed E-state index contributed by atoms with van der Waals surface area (Å²) in [6, 6.07) is 13.2. The Hall–Kier alpha value is -2.46. The summed E-state index contributed by atoms with van der Waals surface area (Å²) < 4.78 is 33.6. The molecule has 0 radical (unpaired) electrons. The average Bonchev–Trinajstić information content (AvgIpc) is 3.47. The molecule has 1 saturated heterocycles. The maximum Gasteiger partial charge on any atom is 0.410 e. The molecule has 3 atom stereocenters. The quantitative estimate of drug-likeness (QED) is 0.236. The minimum atomic E-state index is -0.825. The zero-order valence-corrected chi connectivity index (χ0v) is 29.0. The molecule has 3 aliphatic rings. The van der Waals surface area contributed by atoms with Crippen LogP contribution in [0.4, 0.5) is 13.6 Å². The number of halogens is 4. The summed E-state index contributed by atoms with van der Waals surface area (Å²) in [7, 11) is 0. The minimum Gasteiger partial charge on any atom is -0.480 e. The first-order valence-electron chi connectivity index (χ1n) is 16.9. The lowest BCUT2D eigenvalue weighted by atomic mass is 9.71. The van der Waals surface area contributed by atoms with Crippen LogP contribution < -0.4 is 5.32 Å². The van der Waals surface area contributed by atoms with Crippen LogP contribution in [-0.2, 0) is 16.1 Å². The molecule has 2 aliphatic carbocycles. The van der Waals surface area contributed by atoms with E-state index in [2.05, 4.69) is 17.1 Å². The number of nitrogens with zero attached hydrogens (tertiary/aromatic N) is 2. The molecule has 5 rings (SSSR count). The highest BCUT2D eigenvalue weighted by Crippen LogP contribution is 2.51. The molecular weight excluding hydrogens is 647 g/mol. The Bertz CT molecular complexity index is 1290. The molecule has 1 heterocycles. The highest BCUT2D eigenvalue weighted by Gasteiger charge is 2.47. The molecule has 262 valence electrons. The molecule has 2 saturated carbocycles. The number of amides is 1. The van der Waals surface area contributed by atoms with Gasteiger partial charge in [0.25, 0.3) is 0 Å². The van der Waals surface area contributed by atoms with Crippen molar-refractivity contribution in [3.63, 3.8) is 0 Å². The zero-order valence-electron chi connectivity index (χ0n) is 27.4. The van der Waals surface area contributed by atoms with Crippen molar-refractivity contribution in [3.05, 3.63) is 71.3 Å². The number of hydrogen-bond acceptors (Lipinski definition) is 5. The number of nitrogens with one attached hydrogen (secondary N) is 1. The number of carbonyl (C=O) groups excluding carboxylic acids is 1. The fraction of sp³-hybridized carbons (Fsp3) is 0.611. The zero-order chi connectivity index (χ0) is 31.8. The highest BCUT2D eigenvalue weighted by atomic mass is 35.5. The third kappa shape index (κ3) is 10.3. The van der Waals surface area contributed by atoms with Gasteiger partial charge in [-0.1, -0.05) is 50.5 Å². The van der Waals surface area contributed by atoms with Gasteiger partial charge in [0, 0.05) is 37.8 Å². The van der Waals surface area contributed by atoms with Gasteiger partial charge in [0.05, 0.1) is 6.54 Å². The van der Waals surface area contributed by atoms with Crippen molar-refractivity contribution in [2.24, 2.45) is 11.8 Å². The molecule has 47 heavy (non-hydrogen) atoms. The number of aliphatic carboxylic acids is 1. The number of hydrogen-bond donors (Lipinski definition) is 2. The van der Waals surface area contributed by atoms with Crippen LogP contribution in [-0.4, -0.2) is 71.3 Å². The van der Waals surface area contributed by atoms with Crippen LogP contribution in [0.3, 0.4) is 0 Å². The van der Waals surface area contributed by atoms with Gasteiger partial charge in [-0.2, -0.15) is 0 Å². The van der Waals surface area contributed by atoms with Crippen LogP contribution in [0.15, 0.2) is 48.5 Å². The Morgan fingerprint density at radius 2 is 1.68 bits per heavy atom. The molecule has 0 unspecified atom stereocenters. The maximum atomic E-state index is 14.4. The lowest BCUT2D eigenvalue weighted by Gasteiger charge is -2.43. The van der Waals surface area contributed by atoms with Crippen LogP contribution >= 0.6 is 24.8 Å². The predicted molar refractivity (Wildman–Crippen MR) is 184 cm³/mol. The van der Waals surface area contributed by atoms with Crippen molar-refractivity contribution in [1.82, 2.24) is 15.1 Å². The first kappa shape index (κ1) is 39.0. The minimum absolute atomic E-state index is 0. The number of carboxylic acids is 1. The number of carbonyl (C=O) groups is 2. The van der Waals surface area contributed by atoms with Crippen molar-refractivity contribution >= 4 is 36.9 Å². The molecule has 1 aliphatic heterocycles. The second kappa shape index (κ2) is 18.3. The van der Waals surface area contributed by atoms with Crippen LogP contribution in [0.1, 0.15) is 88.2 Å². The van der Waals surface area contributed by atoms with Crippen LogP contribution in [0.5, 0.6) is 0 Å². The monoisotopic (exact) mass is 697 g/mol. The summed E-state index contributed by atoms with van der Waals surface area (Å²) in [4.78, 5) is 29.0. The topological polar surface area (TPSA) is 82.1 Å². The Balaban J connectivity index is 0.00000300. The SMILES string of the molecule is CCCN(C(=O)OCc1cccc(F)c1)C1CCN(C[C@H]2C[C@H](C3(NCC(=O)O)CCCCC3)C[C@@H]2c2cccc(F)c2)CC1.Cl.Cl. The van der Waals surface area contributed by atoms with Gasteiger partial charge in [0.2, 0.25) is 0 Å². The maximum absolute atomic E-state index is 14.4. The smallest absolute Gasteiger partial charge is 0.410 e. The number of ether oxygens (including phenoxy) is 1. The van der Waals surface area contributed by atoms with Crippen molar-refractivity contribution < 1.29 is 28.2 Å². The van der Waals surface area contributed by atoms with Gasteiger partial charge in [-0.15, -0.1) is 24.8 Å². The van der Waals surface area contributed by atoms with E-state index in [9.17, 15) is 23.5 Å². The van der Waals surface area contributed by atoms with E-state index in [1.807, 2.05) is 11.0 Å².